The third-order valence-electron chi connectivity index (χ3n) is 2.72. The minimum atomic E-state index is -1.23. The molecular formula is C9H18O2Si. The number of carbonyl (C=O) groups excluding carboxylic acids is 1. The molecule has 3 heteroatoms. The van der Waals surface area contributed by atoms with Crippen molar-refractivity contribution in [1.29, 1.82) is 0 Å². The van der Waals surface area contributed by atoms with Gasteiger partial charge in [-0.05, 0) is 6.42 Å². The highest BCUT2D eigenvalue weighted by molar-refractivity contribution is 6.78. The lowest BCUT2D eigenvalue weighted by atomic mass is 10.2. The van der Waals surface area contributed by atoms with Gasteiger partial charge in [-0.1, -0.05) is 32.0 Å². The Hall–Kier alpha value is -0.313. The Kier molecular flexibility index (Phi) is 2.93. The zero-order valence-electron chi connectivity index (χ0n) is 8.22. The van der Waals surface area contributed by atoms with E-state index in [1.165, 1.54) is 25.8 Å². The second-order valence-corrected chi connectivity index (χ2v) is 9.45. The molecule has 0 saturated carbocycles. The number of rotatable bonds is 1. The molecule has 0 aromatic rings. The summed E-state index contributed by atoms with van der Waals surface area (Å²) < 4.78 is 5.33. The molecule has 0 N–H and O–H groups in total. The fourth-order valence-corrected chi connectivity index (χ4v) is 4.83. The molecule has 0 aromatic heterocycles. The number of esters is 1. The molecule has 1 rings (SSSR count). The van der Waals surface area contributed by atoms with Crippen LogP contribution in [0, 0.1) is 0 Å². The van der Waals surface area contributed by atoms with Gasteiger partial charge in [-0.2, -0.15) is 0 Å². The van der Waals surface area contributed by atoms with Crippen LogP contribution >= 0.6 is 0 Å². The van der Waals surface area contributed by atoms with Gasteiger partial charge in [-0.25, -0.2) is 0 Å². The highest BCUT2D eigenvalue weighted by Gasteiger charge is 2.36. The van der Waals surface area contributed by atoms with Crippen LogP contribution in [0.1, 0.15) is 26.2 Å². The van der Waals surface area contributed by atoms with Gasteiger partial charge in [0.25, 0.3) is 0 Å². The van der Waals surface area contributed by atoms with E-state index in [-0.39, 0.29) is 11.7 Å². The van der Waals surface area contributed by atoms with Crippen LogP contribution in [-0.2, 0) is 9.53 Å². The molecule has 12 heavy (non-hydrogen) atoms. The molecule has 1 atom stereocenters. The lowest BCUT2D eigenvalue weighted by Gasteiger charge is -2.35. The highest BCUT2D eigenvalue weighted by Crippen LogP contribution is 2.29. The number of hydrogen-bond acceptors (Lipinski definition) is 2. The van der Waals surface area contributed by atoms with Crippen molar-refractivity contribution in [3.8, 4) is 0 Å². The van der Waals surface area contributed by atoms with Gasteiger partial charge in [-0.15, -0.1) is 0 Å². The molecule has 0 aliphatic carbocycles. The molecule has 2 nitrogen and oxygen atoms in total. The van der Waals surface area contributed by atoms with E-state index >= 15 is 0 Å². The average Bonchev–Trinajstić information content (AvgIpc) is 1.92. The van der Waals surface area contributed by atoms with Crippen LogP contribution in [0.2, 0.25) is 19.1 Å². The molecule has 0 bridgehead atoms. The smallest absolute Gasteiger partial charge is 0.302 e. The van der Waals surface area contributed by atoms with Crippen molar-refractivity contribution in [1.82, 2.24) is 0 Å². The van der Waals surface area contributed by atoms with E-state index in [1.54, 1.807) is 0 Å². The minimum Gasteiger partial charge on any atom is -0.466 e. The van der Waals surface area contributed by atoms with Crippen molar-refractivity contribution in [2.45, 2.75) is 51.1 Å². The Labute approximate surface area is 75.3 Å². The van der Waals surface area contributed by atoms with Gasteiger partial charge in [-0.3, -0.25) is 4.79 Å². The first-order valence-corrected chi connectivity index (χ1v) is 7.98. The van der Waals surface area contributed by atoms with Gasteiger partial charge in [0, 0.05) is 6.92 Å². The molecule has 0 aromatic carbocycles. The van der Waals surface area contributed by atoms with Crippen LogP contribution in [0.25, 0.3) is 0 Å². The van der Waals surface area contributed by atoms with Gasteiger partial charge in [0.05, 0.1) is 13.8 Å². The van der Waals surface area contributed by atoms with Gasteiger partial charge < -0.3 is 4.74 Å². The molecular weight excluding hydrogens is 168 g/mol. The first kappa shape index (κ1) is 9.77. The molecule has 1 fully saturated rings. The van der Waals surface area contributed by atoms with E-state index < -0.39 is 8.07 Å². The maximum atomic E-state index is 10.8. The topological polar surface area (TPSA) is 26.3 Å². The number of hydrogen-bond donors (Lipinski definition) is 0. The third kappa shape index (κ3) is 2.34. The summed E-state index contributed by atoms with van der Waals surface area (Å²) in [6, 6.07) is 1.31. The van der Waals surface area contributed by atoms with Gasteiger partial charge >= 0.3 is 5.97 Å². The van der Waals surface area contributed by atoms with Crippen LogP contribution in [0.5, 0.6) is 0 Å². The molecule has 0 spiro atoms. The first-order chi connectivity index (χ1) is 5.52. The fraction of sp³-hybridized carbons (Fsp3) is 0.889. The molecule has 0 amide bonds. The van der Waals surface area contributed by atoms with Gasteiger partial charge in [0.2, 0.25) is 0 Å². The molecule has 70 valence electrons. The van der Waals surface area contributed by atoms with Crippen molar-refractivity contribution in [3.63, 3.8) is 0 Å². The highest BCUT2D eigenvalue weighted by atomic mass is 28.3. The first-order valence-electron chi connectivity index (χ1n) is 4.69. The van der Waals surface area contributed by atoms with Crippen molar-refractivity contribution >= 4 is 14.0 Å². The van der Waals surface area contributed by atoms with Crippen molar-refractivity contribution in [2.75, 3.05) is 0 Å². The van der Waals surface area contributed by atoms with E-state index in [2.05, 4.69) is 13.1 Å². The lowest BCUT2D eigenvalue weighted by Crippen LogP contribution is -2.46. The molecule has 1 aliphatic heterocycles. The zero-order valence-corrected chi connectivity index (χ0v) is 9.22. The van der Waals surface area contributed by atoms with Crippen LogP contribution in [0.3, 0.4) is 0 Å². The summed E-state index contributed by atoms with van der Waals surface area (Å²) in [4.78, 5) is 10.8. The summed E-state index contributed by atoms with van der Waals surface area (Å²) in [6.45, 7) is 6.15. The van der Waals surface area contributed by atoms with Gasteiger partial charge in [0.1, 0.15) is 0 Å². The molecule has 1 aliphatic rings. The largest absolute Gasteiger partial charge is 0.466 e. The molecule has 0 unspecified atom stereocenters. The predicted octanol–water partition coefficient (Wildman–Crippen LogP) is 2.35. The lowest BCUT2D eigenvalue weighted by molar-refractivity contribution is -0.143. The summed E-state index contributed by atoms with van der Waals surface area (Å²) >= 11 is 0. The molecule has 1 heterocycles. The van der Waals surface area contributed by atoms with E-state index in [4.69, 9.17) is 4.74 Å². The fourth-order valence-electron chi connectivity index (χ4n) is 1.88. The predicted molar refractivity (Wildman–Crippen MR) is 51.7 cm³/mol. The standard InChI is InChI=1S/C9H18O2Si/c1-8(10)11-9-6-4-5-7-12(9,2)3/h9H,4-7H2,1-3H3/t9-/m0/s1. The summed E-state index contributed by atoms with van der Waals surface area (Å²) in [5.41, 5.74) is 0.281. The van der Waals surface area contributed by atoms with Crippen molar-refractivity contribution in [3.05, 3.63) is 0 Å². The third-order valence-corrected chi connectivity index (χ3v) is 6.51. The Balaban J connectivity index is 2.54. The second kappa shape index (κ2) is 3.60. The normalized spacial score (nSPS) is 28.1. The summed E-state index contributed by atoms with van der Waals surface area (Å²) in [6.07, 6.45) is 3.66. The average molecular weight is 186 g/mol. The van der Waals surface area contributed by atoms with Crippen molar-refractivity contribution in [2.24, 2.45) is 0 Å². The molecule has 1 saturated heterocycles. The number of ether oxygens (including phenoxy) is 1. The quantitative estimate of drug-likeness (QED) is 0.464. The Morgan fingerprint density at radius 3 is 2.58 bits per heavy atom. The Bertz CT molecular complexity index is 177. The number of carbonyl (C=O) groups is 1. The van der Waals surface area contributed by atoms with E-state index in [9.17, 15) is 4.79 Å². The molecule has 0 radical (unpaired) electrons. The van der Waals surface area contributed by atoms with Crippen LogP contribution in [0.4, 0.5) is 0 Å². The zero-order chi connectivity index (χ0) is 9.19. The van der Waals surface area contributed by atoms with E-state index in [1.807, 2.05) is 0 Å². The maximum Gasteiger partial charge on any atom is 0.302 e. The summed E-state index contributed by atoms with van der Waals surface area (Å²) in [5.74, 6) is -0.109. The maximum absolute atomic E-state index is 10.8. The SMILES string of the molecule is CC(=O)O[C@@H]1CCCC[Si]1(C)C. The van der Waals surface area contributed by atoms with Crippen LogP contribution in [0.15, 0.2) is 0 Å². The second-order valence-electron chi connectivity index (χ2n) is 4.33. The Morgan fingerprint density at radius 1 is 1.42 bits per heavy atom. The monoisotopic (exact) mass is 186 g/mol. The minimum absolute atomic E-state index is 0.109. The van der Waals surface area contributed by atoms with E-state index in [0.29, 0.717) is 0 Å². The van der Waals surface area contributed by atoms with Gasteiger partial charge in [0.15, 0.2) is 0 Å². The van der Waals surface area contributed by atoms with E-state index in [0.717, 1.165) is 6.42 Å². The summed E-state index contributed by atoms with van der Waals surface area (Å²) in [7, 11) is -1.23. The van der Waals surface area contributed by atoms with Crippen molar-refractivity contribution < 1.29 is 9.53 Å². The van der Waals surface area contributed by atoms with Crippen LogP contribution < -0.4 is 0 Å². The Morgan fingerprint density at radius 2 is 2.08 bits per heavy atom. The summed E-state index contributed by atoms with van der Waals surface area (Å²) in [5, 5.41) is 0. The van der Waals surface area contributed by atoms with Crippen LogP contribution in [-0.4, -0.2) is 19.8 Å².